The van der Waals surface area contributed by atoms with Crippen molar-refractivity contribution in [2.45, 2.75) is 52.1 Å². The van der Waals surface area contributed by atoms with Crippen LogP contribution in [0.2, 0.25) is 5.28 Å². The van der Waals surface area contributed by atoms with Gasteiger partial charge in [0.25, 0.3) is 0 Å². The van der Waals surface area contributed by atoms with E-state index < -0.39 is 30.6 Å². The molecule has 6 aromatic carbocycles. The van der Waals surface area contributed by atoms with Gasteiger partial charge in [-0.25, -0.2) is 74.6 Å². The average molecular weight is 1980 g/mol. The molecule has 0 unspecified atom stereocenters. The summed E-state index contributed by atoms with van der Waals surface area (Å²) < 4.78 is 8.59. The summed E-state index contributed by atoms with van der Waals surface area (Å²) >= 11 is 26.6. The zero-order valence-electron chi connectivity index (χ0n) is 63.9. The lowest BCUT2D eigenvalue weighted by molar-refractivity contribution is -0.118. The predicted octanol–water partition coefficient (Wildman–Crippen LogP) is 15.6. The molecule has 0 fully saturated rings. The van der Waals surface area contributed by atoms with Crippen LogP contribution in [-0.4, -0.2) is 135 Å². The van der Waals surface area contributed by atoms with Gasteiger partial charge < -0.3 is 43.0 Å². The third kappa shape index (κ3) is 46.3. The molecule has 0 aliphatic carbocycles. The number of benzene rings is 6. The summed E-state index contributed by atoms with van der Waals surface area (Å²) in [6, 6.07) is 57.7. The largest absolute Gasteiger partial charge is 0.488 e. The summed E-state index contributed by atoms with van der Waals surface area (Å²) in [5.74, 6) is 2.28. The van der Waals surface area contributed by atoms with Gasteiger partial charge in [-0.2, -0.15) is 0 Å². The molecule has 11 N–H and O–H groups in total. The maximum Gasteiger partial charge on any atom is 0.488 e. The third-order valence-corrected chi connectivity index (χ3v) is 15.6. The number of carbonyl (C=O) groups excluding carboxylic acids is 4. The van der Waals surface area contributed by atoms with Gasteiger partial charge >= 0.3 is 13.2 Å². The fourth-order valence-corrected chi connectivity index (χ4v) is 9.31. The van der Waals surface area contributed by atoms with Crippen molar-refractivity contribution in [1.29, 1.82) is 0 Å². The van der Waals surface area contributed by atoms with Crippen molar-refractivity contribution in [2.24, 2.45) is 22.9 Å². The Hall–Kier alpha value is -10.7. The van der Waals surface area contributed by atoms with Gasteiger partial charge in [0.1, 0.15) is 5.60 Å². The monoisotopic (exact) mass is 1970 g/mol. The van der Waals surface area contributed by atoms with Crippen molar-refractivity contribution in [1.82, 2.24) is 75.1 Å². The van der Waals surface area contributed by atoms with E-state index in [4.69, 9.17) is 66.8 Å². The highest BCUT2D eigenvalue weighted by Gasteiger charge is 2.16. The first-order chi connectivity index (χ1) is 56.3. The topological polar surface area (TPSA) is 415 Å². The van der Waals surface area contributed by atoms with Crippen LogP contribution >= 0.6 is 118 Å². The van der Waals surface area contributed by atoms with E-state index in [1.807, 2.05) is 191 Å². The number of nitrogens with one attached hydrogen (secondary N) is 1. The van der Waals surface area contributed by atoms with E-state index in [2.05, 4.69) is 158 Å². The fourth-order valence-electron chi connectivity index (χ4n) is 8.32. The van der Waals surface area contributed by atoms with Gasteiger partial charge in [-0.3, -0.25) is 14.4 Å². The molecule has 0 radical (unpaired) electrons. The fraction of sp³-hybridized carbons (Fsp3) is 0.133. The molecule has 612 valence electrons. The summed E-state index contributed by atoms with van der Waals surface area (Å²) in [7, 11) is -1.34. The second-order valence-corrected chi connectivity index (χ2v) is 28.7. The Labute approximate surface area is 745 Å². The van der Waals surface area contributed by atoms with Crippen LogP contribution in [0.15, 0.2) is 301 Å². The molecule has 4 amide bonds. The van der Waals surface area contributed by atoms with Gasteiger partial charge in [0.2, 0.25) is 23.0 Å². The molecular formula is C83H84BBr3Cl4IN19O7. The minimum absolute atomic E-state index is 0. The van der Waals surface area contributed by atoms with E-state index in [-0.39, 0.29) is 28.9 Å². The Kier molecular flexibility index (Phi) is 51.5. The third-order valence-electron chi connectivity index (χ3n) is 13.7. The lowest BCUT2D eigenvalue weighted by Crippen LogP contribution is -2.33. The number of alkyl halides is 2. The average Bonchev–Trinajstić information content (AvgIpc) is 0.877. The van der Waals surface area contributed by atoms with Crippen LogP contribution < -0.4 is 33.7 Å². The molecule has 0 spiro atoms. The number of nitrogens with two attached hydrogens (primary N) is 4. The molecule has 0 saturated heterocycles. The Balaban J connectivity index is 0.000000350. The molecule has 13 aromatic rings. The van der Waals surface area contributed by atoms with E-state index in [0.717, 1.165) is 91.5 Å². The lowest BCUT2D eigenvalue weighted by Gasteiger charge is -2.19. The lowest BCUT2D eigenvalue weighted by atomic mass is 9.81. The first-order valence-corrected chi connectivity index (χ1v) is 39.8. The molecule has 26 nitrogen and oxygen atoms in total. The van der Waals surface area contributed by atoms with Crippen LogP contribution in [-0.2, 0) is 38.4 Å². The summed E-state index contributed by atoms with van der Waals surface area (Å²) in [6.07, 6.45) is 30.0. The minimum Gasteiger partial charge on any atom is -0.444 e. The molecule has 118 heavy (non-hydrogen) atoms. The van der Waals surface area contributed by atoms with Crippen molar-refractivity contribution < 1.29 is 34.0 Å². The van der Waals surface area contributed by atoms with Gasteiger partial charge in [0.05, 0.1) is 18.8 Å². The second kappa shape index (κ2) is 59.9. The number of aryl methyl sites for hydroxylation is 1. The van der Waals surface area contributed by atoms with E-state index >= 15 is 0 Å². The number of ether oxygens (including phenoxy) is 1. The molecule has 0 aliphatic rings. The maximum absolute atomic E-state index is 11.5. The number of halogens is 8. The number of aromatic nitrogens is 14. The predicted molar refractivity (Wildman–Crippen MR) is 488 cm³/mol. The quantitative estimate of drug-likeness (QED) is 0.0146. The number of amides is 4. The van der Waals surface area contributed by atoms with E-state index in [1.54, 1.807) is 105 Å². The Bertz CT molecular complexity index is 4870. The highest BCUT2D eigenvalue weighted by atomic mass is 127. The molecule has 0 aliphatic heterocycles. The van der Waals surface area contributed by atoms with Crippen LogP contribution in [0.1, 0.15) is 49.4 Å². The number of alkyl carbamates (subject to hydrolysis) is 1. The SMILES string of the molecule is Brc1cnc(-c2ccccc2)nc1.Brc1cnc(I)nc1.C=CC(N)=O.CC(C)(C)OC(=O)NCCc1cnc(-c2ccccc2)nc1.Cl.ClCCl.Clc1ncc(Br)cn1.NC(=O)/C=C/c1cnc(-c2ccccc2)nc1.NC(=O)CCc1cnc(-c2ccccc2)nc1.NCCc1cnc(-c2ccccc2)nc1.OB(O)c1ccccc1. The number of carbonyl (C=O) groups is 4. The van der Waals surface area contributed by atoms with Gasteiger partial charge in [0.15, 0.2) is 33.0 Å². The number of nitrogens with zero attached hydrogens (tertiary/aromatic N) is 14. The highest BCUT2D eigenvalue weighted by Crippen LogP contribution is 2.19. The minimum atomic E-state index is -1.34. The zero-order valence-corrected chi connectivity index (χ0v) is 73.9. The first kappa shape index (κ1) is 102. The summed E-state index contributed by atoms with van der Waals surface area (Å²) in [4.78, 5) is 100. The number of primary amides is 3. The Morgan fingerprint density at radius 2 is 0.763 bits per heavy atom. The maximum atomic E-state index is 11.5. The second-order valence-electron chi connectivity index (χ2n) is 23.9. The van der Waals surface area contributed by atoms with Crippen molar-refractivity contribution in [3.05, 3.63) is 332 Å². The standard InChI is InChI=1S/C17H21N3O2.C13H13N3O.C13H11N3O.C12H13N3.C10H7BrN2.C6H7BO2.C4H2BrClN2.C4H2BrIN2.C3H5NO.CH2Cl2.ClH/c1-17(2,3)22-16(21)18-10-9-13-11-19-15(20-12-13)14-7-5-4-6-8-14;2*14-12(17)7-6-10-8-15-13(16-9-10)11-4-2-1-3-5-11;13-7-6-10-8-14-12(15-9-10)11-4-2-1-3-5-11;11-9-6-12-10(13-7-9)8-4-2-1-3-5-8;8-7(9)6-4-2-1-3-5-6;2*5-3-1-7-4(6)8-2-3;1-2-3(4)5;2-1-3;/h4-8,11-12H,9-10H2,1-3H3,(H,18,21);1-5,8-9H,6-7H2,(H2,14,17);1-9H,(H2,14,17);1-5,8-9H,6-7,13H2;1-7H;1-5,8-9H;2*1-2H;2H,1H2,(H2,4,5);1H2;1H/b;;7-6+;;;;;;;;. The van der Waals surface area contributed by atoms with Gasteiger partial charge in [-0.05, 0) is 140 Å². The Morgan fingerprint density at radius 1 is 0.475 bits per heavy atom. The van der Waals surface area contributed by atoms with Crippen molar-refractivity contribution >= 4 is 160 Å². The number of hydrogen-bond donors (Lipinski definition) is 7. The molecule has 0 atom stereocenters. The molecular weight excluding hydrogens is 1890 g/mol. The molecule has 0 bridgehead atoms. The van der Waals surface area contributed by atoms with Crippen LogP contribution in [0.5, 0.6) is 0 Å². The van der Waals surface area contributed by atoms with Crippen LogP contribution in [0.25, 0.3) is 63.0 Å². The summed E-state index contributed by atoms with van der Waals surface area (Å²) in [6.45, 7) is 9.72. The smallest absolute Gasteiger partial charge is 0.444 e. The molecule has 7 heterocycles. The number of rotatable bonds is 17. The van der Waals surface area contributed by atoms with E-state index in [1.165, 1.54) is 6.08 Å². The van der Waals surface area contributed by atoms with Gasteiger partial charge in [-0.1, -0.05) is 189 Å². The number of hydrogen-bond acceptors (Lipinski definition) is 22. The first-order valence-electron chi connectivity index (χ1n) is 34.9. The van der Waals surface area contributed by atoms with Crippen molar-refractivity contribution in [3.63, 3.8) is 0 Å². The molecule has 0 saturated carbocycles. The normalized spacial score (nSPS) is 9.81. The molecule has 13 rings (SSSR count). The van der Waals surface area contributed by atoms with Gasteiger partial charge in [0, 0.05) is 162 Å². The summed E-state index contributed by atoms with van der Waals surface area (Å²) in [5.41, 5.74) is 28.8. The van der Waals surface area contributed by atoms with Gasteiger partial charge in [-0.15, -0.1) is 35.6 Å². The van der Waals surface area contributed by atoms with E-state index in [9.17, 15) is 19.2 Å². The Morgan fingerprint density at radius 3 is 1.03 bits per heavy atom. The van der Waals surface area contributed by atoms with Crippen molar-refractivity contribution in [3.8, 4) is 56.9 Å². The van der Waals surface area contributed by atoms with Crippen LogP contribution in [0, 0.1) is 3.83 Å². The molecule has 35 heteroatoms. The van der Waals surface area contributed by atoms with Crippen LogP contribution in [0.3, 0.4) is 0 Å². The zero-order chi connectivity index (χ0) is 85.4. The molecule has 7 aromatic heterocycles. The highest BCUT2D eigenvalue weighted by molar-refractivity contribution is 14.1. The summed E-state index contributed by atoms with van der Waals surface area (Å²) in [5, 5.41) is 20.3. The van der Waals surface area contributed by atoms with Crippen LogP contribution in [0.4, 0.5) is 4.79 Å². The van der Waals surface area contributed by atoms with E-state index in [0.29, 0.717) is 55.3 Å². The van der Waals surface area contributed by atoms with Crippen molar-refractivity contribution in [2.75, 3.05) is 18.4 Å².